The average molecular weight is 753 g/mol. The molecule has 12 rings (SSSR count). The van der Waals surface area contributed by atoms with Gasteiger partial charge in [0.05, 0.1) is 40.6 Å². The molecular formula is C51H36N4OS. The molecule has 4 heterocycles. The zero-order valence-corrected chi connectivity index (χ0v) is 31.6. The van der Waals surface area contributed by atoms with Gasteiger partial charge >= 0.3 is 0 Å². The van der Waals surface area contributed by atoms with Crippen molar-refractivity contribution in [1.29, 1.82) is 0 Å². The standard InChI is InChI=1S/C51H36N4OS/c1-3-15-31(16-4-1)49-52-50(32-17-5-2-6-18-32)54-51(53-49)37-23-13-30-44-47(37)46-36(22-12-29-43(46)57-44)35-21-11-27-41-45(35)48-40(26-14-28-42(48)56-41)55-38-24-9-7-19-33(38)34-20-8-10-25-39(34)55/h1-30,49-54H. The van der Waals surface area contributed by atoms with Crippen molar-refractivity contribution in [2.24, 2.45) is 0 Å². The van der Waals surface area contributed by atoms with E-state index in [9.17, 15) is 0 Å². The molecule has 1 saturated heterocycles. The van der Waals surface area contributed by atoms with Gasteiger partial charge in [0.15, 0.2) is 0 Å². The highest BCUT2D eigenvalue weighted by atomic mass is 32.1. The number of para-hydroxylation sites is 2. The van der Waals surface area contributed by atoms with Crippen LogP contribution in [0.4, 0.5) is 0 Å². The van der Waals surface area contributed by atoms with Gasteiger partial charge in [-0.05, 0) is 70.3 Å². The van der Waals surface area contributed by atoms with Gasteiger partial charge in [-0.2, -0.15) is 0 Å². The van der Waals surface area contributed by atoms with E-state index in [-0.39, 0.29) is 18.5 Å². The molecule has 0 amide bonds. The molecule has 0 radical (unpaired) electrons. The normalized spacial score (nSPS) is 17.4. The van der Waals surface area contributed by atoms with E-state index in [1.165, 1.54) is 64.2 Å². The van der Waals surface area contributed by atoms with Crippen LogP contribution in [0.5, 0.6) is 0 Å². The predicted molar refractivity (Wildman–Crippen MR) is 237 cm³/mol. The number of furan rings is 1. The minimum absolute atomic E-state index is 0.0624. The second-order valence-corrected chi connectivity index (χ2v) is 16.0. The van der Waals surface area contributed by atoms with Gasteiger partial charge in [-0.1, -0.05) is 140 Å². The molecule has 1 aliphatic heterocycles. The maximum Gasteiger partial charge on any atom is 0.137 e. The van der Waals surface area contributed by atoms with Crippen LogP contribution < -0.4 is 16.0 Å². The minimum atomic E-state index is -0.135. The van der Waals surface area contributed by atoms with Gasteiger partial charge in [0, 0.05) is 36.3 Å². The Labute approximate surface area is 332 Å². The van der Waals surface area contributed by atoms with Crippen LogP contribution in [0.1, 0.15) is 35.2 Å². The van der Waals surface area contributed by atoms with E-state index in [0.29, 0.717) is 0 Å². The van der Waals surface area contributed by atoms with Crippen LogP contribution in [0, 0.1) is 0 Å². The number of thiophene rings is 1. The molecule has 0 aliphatic carbocycles. The maximum atomic E-state index is 6.75. The summed E-state index contributed by atoms with van der Waals surface area (Å²) in [5.41, 5.74) is 11.2. The molecule has 2 atom stereocenters. The van der Waals surface area contributed by atoms with Gasteiger partial charge in [-0.25, -0.2) is 0 Å². The molecule has 5 nitrogen and oxygen atoms in total. The fourth-order valence-corrected chi connectivity index (χ4v) is 10.5. The molecule has 6 heteroatoms. The zero-order chi connectivity index (χ0) is 37.5. The number of aromatic nitrogens is 1. The lowest BCUT2D eigenvalue weighted by atomic mass is 9.93. The van der Waals surface area contributed by atoms with Crippen molar-refractivity contribution in [2.75, 3.05) is 0 Å². The fourth-order valence-electron chi connectivity index (χ4n) is 9.30. The van der Waals surface area contributed by atoms with E-state index in [0.717, 1.165) is 33.2 Å². The number of benzene rings is 8. The van der Waals surface area contributed by atoms with Crippen molar-refractivity contribution in [1.82, 2.24) is 20.5 Å². The summed E-state index contributed by atoms with van der Waals surface area (Å²) in [6.45, 7) is 0. The molecule has 8 aromatic carbocycles. The van der Waals surface area contributed by atoms with E-state index in [2.05, 4.69) is 203 Å². The third kappa shape index (κ3) is 5.12. The van der Waals surface area contributed by atoms with Gasteiger partial charge in [0.2, 0.25) is 0 Å². The molecular weight excluding hydrogens is 717 g/mol. The average Bonchev–Trinajstić information content (AvgIpc) is 3.97. The van der Waals surface area contributed by atoms with Gasteiger partial charge in [0.1, 0.15) is 11.2 Å². The minimum Gasteiger partial charge on any atom is -0.456 e. The summed E-state index contributed by atoms with van der Waals surface area (Å²) >= 11 is 1.86. The molecule has 272 valence electrons. The fraction of sp³-hybridized carbons (Fsp3) is 0.0588. The number of hydrogen-bond donors (Lipinski definition) is 3. The van der Waals surface area contributed by atoms with Crippen LogP contribution in [0.25, 0.3) is 80.7 Å². The van der Waals surface area contributed by atoms with E-state index in [1.54, 1.807) is 0 Å². The van der Waals surface area contributed by atoms with Gasteiger partial charge in [-0.15, -0.1) is 11.3 Å². The van der Waals surface area contributed by atoms with Crippen LogP contribution >= 0.6 is 11.3 Å². The lowest BCUT2D eigenvalue weighted by molar-refractivity contribution is 0.204. The van der Waals surface area contributed by atoms with Crippen molar-refractivity contribution in [3.63, 3.8) is 0 Å². The van der Waals surface area contributed by atoms with Gasteiger partial charge in [-0.3, -0.25) is 16.0 Å². The van der Waals surface area contributed by atoms with Crippen LogP contribution in [0.3, 0.4) is 0 Å². The molecule has 1 fully saturated rings. The van der Waals surface area contributed by atoms with Crippen molar-refractivity contribution >= 4 is 75.3 Å². The third-order valence-electron chi connectivity index (χ3n) is 11.7. The predicted octanol–water partition coefficient (Wildman–Crippen LogP) is 12.9. The monoisotopic (exact) mass is 752 g/mol. The second kappa shape index (κ2) is 13.0. The molecule has 57 heavy (non-hydrogen) atoms. The van der Waals surface area contributed by atoms with Gasteiger partial charge in [0.25, 0.3) is 0 Å². The number of nitrogens with one attached hydrogen (secondary N) is 3. The molecule has 3 aromatic heterocycles. The summed E-state index contributed by atoms with van der Waals surface area (Å²) in [7, 11) is 0. The summed E-state index contributed by atoms with van der Waals surface area (Å²) in [5, 5.41) is 19.0. The van der Waals surface area contributed by atoms with Crippen molar-refractivity contribution < 1.29 is 4.42 Å². The Morgan fingerprint density at radius 1 is 0.404 bits per heavy atom. The SMILES string of the molecule is c1ccc(C2NC(c3ccccc3)NC(c3cccc4sc5cccc(-c6cccc7oc8cccc(-n9c%10ccccc%10c%10ccccc%109)c8c67)c5c34)N2)cc1. The summed E-state index contributed by atoms with van der Waals surface area (Å²) in [6, 6.07) is 65.3. The van der Waals surface area contributed by atoms with E-state index in [1.807, 2.05) is 11.3 Å². The van der Waals surface area contributed by atoms with Crippen molar-refractivity contribution in [3.8, 4) is 16.8 Å². The molecule has 2 unspecified atom stereocenters. The Bertz CT molecular complexity index is 3210. The van der Waals surface area contributed by atoms with Crippen molar-refractivity contribution in [2.45, 2.75) is 18.5 Å². The Morgan fingerprint density at radius 2 is 0.912 bits per heavy atom. The largest absolute Gasteiger partial charge is 0.456 e. The molecule has 0 bridgehead atoms. The third-order valence-corrected chi connectivity index (χ3v) is 12.9. The van der Waals surface area contributed by atoms with Crippen molar-refractivity contribution in [3.05, 3.63) is 199 Å². The molecule has 0 spiro atoms. The molecule has 11 aromatic rings. The first-order chi connectivity index (χ1) is 28.3. The lowest BCUT2D eigenvalue weighted by Crippen LogP contribution is -2.54. The highest BCUT2D eigenvalue weighted by Gasteiger charge is 2.31. The lowest BCUT2D eigenvalue weighted by Gasteiger charge is -2.40. The highest BCUT2D eigenvalue weighted by Crippen LogP contribution is 2.47. The zero-order valence-electron chi connectivity index (χ0n) is 30.8. The number of hydrogen-bond acceptors (Lipinski definition) is 5. The Hall–Kier alpha value is -6.54. The van der Waals surface area contributed by atoms with Crippen LogP contribution in [-0.2, 0) is 0 Å². The van der Waals surface area contributed by atoms with Crippen LogP contribution in [0.15, 0.2) is 186 Å². The second-order valence-electron chi connectivity index (χ2n) is 14.9. The quantitative estimate of drug-likeness (QED) is 0.164. The van der Waals surface area contributed by atoms with Gasteiger partial charge < -0.3 is 8.98 Å². The summed E-state index contributed by atoms with van der Waals surface area (Å²) < 4.78 is 11.7. The van der Waals surface area contributed by atoms with E-state index < -0.39 is 0 Å². The molecule has 3 N–H and O–H groups in total. The molecule has 0 saturated carbocycles. The first kappa shape index (κ1) is 32.7. The Kier molecular flexibility index (Phi) is 7.46. The Morgan fingerprint density at radius 3 is 1.58 bits per heavy atom. The summed E-state index contributed by atoms with van der Waals surface area (Å²) in [5.74, 6) is 0. The smallest absolute Gasteiger partial charge is 0.137 e. The highest BCUT2D eigenvalue weighted by molar-refractivity contribution is 7.26. The van der Waals surface area contributed by atoms with Crippen LogP contribution in [-0.4, -0.2) is 4.57 Å². The Balaban J connectivity index is 1.09. The topological polar surface area (TPSA) is 54.2 Å². The maximum absolute atomic E-state index is 6.75. The summed E-state index contributed by atoms with van der Waals surface area (Å²) in [4.78, 5) is 0. The first-order valence-corrected chi connectivity index (χ1v) is 20.4. The van der Waals surface area contributed by atoms with Crippen LogP contribution in [0.2, 0.25) is 0 Å². The first-order valence-electron chi connectivity index (χ1n) is 19.5. The van der Waals surface area contributed by atoms with E-state index in [4.69, 9.17) is 4.42 Å². The number of nitrogens with zero attached hydrogens (tertiary/aromatic N) is 1. The molecule has 1 aliphatic rings. The number of rotatable bonds is 5. The van der Waals surface area contributed by atoms with E-state index >= 15 is 0 Å². The number of fused-ring (bicyclic) bond motifs is 9. The summed E-state index contributed by atoms with van der Waals surface area (Å²) in [6.07, 6.45) is -0.260.